The number of halogens is 2. The van der Waals surface area contributed by atoms with Gasteiger partial charge in [-0.25, -0.2) is 17.9 Å². The van der Waals surface area contributed by atoms with Crippen molar-refractivity contribution in [2.24, 2.45) is 5.14 Å². The monoisotopic (exact) mass is 316 g/mol. The highest BCUT2D eigenvalue weighted by Crippen LogP contribution is 2.40. The number of aromatic nitrogens is 3. The molecule has 0 aliphatic heterocycles. The number of nitrogens with two attached hydrogens (primary N) is 1. The highest BCUT2D eigenvalue weighted by atomic mass is 35.5. The first-order valence-electron chi connectivity index (χ1n) is 5.81. The van der Waals surface area contributed by atoms with Crippen molar-refractivity contribution in [3.05, 3.63) is 29.0 Å². The maximum Gasteiger partial charge on any atom is 0.273 e. The molecule has 6 nitrogen and oxygen atoms in total. The minimum atomic E-state index is -4.01. The summed E-state index contributed by atoms with van der Waals surface area (Å²) in [7, 11) is -4.01. The van der Waals surface area contributed by atoms with Crippen LogP contribution < -0.4 is 5.14 Å². The summed E-state index contributed by atoms with van der Waals surface area (Å²) < 4.78 is 38.5. The van der Waals surface area contributed by atoms with Gasteiger partial charge in [0.15, 0.2) is 11.6 Å². The normalized spacial score (nSPS) is 15.6. The topological polar surface area (TPSA) is 90.9 Å². The van der Waals surface area contributed by atoms with Crippen LogP contribution in [0.3, 0.4) is 0 Å². The van der Waals surface area contributed by atoms with Crippen LogP contribution >= 0.6 is 11.6 Å². The summed E-state index contributed by atoms with van der Waals surface area (Å²) in [6.45, 7) is 0. The fourth-order valence-electron chi connectivity index (χ4n) is 1.99. The van der Waals surface area contributed by atoms with Gasteiger partial charge in [-0.2, -0.15) is 0 Å². The third-order valence-electron chi connectivity index (χ3n) is 3.02. The Morgan fingerprint density at radius 1 is 1.35 bits per heavy atom. The molecule has 20 heavy (non-hydrogen) atoms. The van der Waals surface area contributed by atoms with Crippen LogP contribution in [0.1, 0.15) is 18.9 Å². The SMILES string of the molecule is NS(=O)(=O)c1nnc(-c2cccc(Cl)c2F)n1C1CC1. The summed E-state index contributed by atoms with van der Waals surface area (Å²) >= 11 is 5.73. The van der Waals surface area contributed by atoms with E-state index >= 15 is 0 Å². The Morgan fingerprint density at radius 3 is 2.65 bits per heavy atom. The van der Waals surface area contributed by atoms with Crippen molar-refractivity contribution >= 4 is 21.6 Å². The highest BCUT2D eigenvalue weighted by molar-refractivity contribution is 7.89. The lowest BCUT2D eigenvalue weighted by Gasteiger charge is -2.08. The quantitative estimate of drug-likeness (QED) is 0.933. The molecule has 0 radical (unpaired) electrons. The first-order valence-corrected chi connectivity index (χ1v) is 7.74. The first kappa shape index (κ1) is 13.5. The van der Waals surface area contributed by atoms with Gasteiger partial charge < -0.3 is 0 Å². The summed E-state index contributed by atoms with van der Waals surface area (Å²) in [6.07, 6.45) is 1.55. The Morgan fingerprint density at radius 2 is 2.05 bits per heavy atom. The lowest BCUT2D eigenvalue weighted by molar-refractivity contribution is 0.566. The molecule has 1 aliphatic rings. The van der Waals surface area contributed by atoms with E-state index in [4.69, 9.17) is 16.7 Å². The van der Waals surface area contributed by atoms with Gasteiger partial charge in [0.05, 0.1) is 10.6 Å². The molecule has 0 unspecified atom stereocenters. The maximum atomic E-state index is 14.1. The summed E-state index contributed by atoms with van der Waals surface area (Å²) in [6, 6.07) is 4.35. The Hall–Kier alpha value is -1.51. The van der Waals surface area contributed by atoms with Crippen LogP contribution in [0, 0.1) is 5.82 Å². The van der Waals surface area contributed by atoms with E-state index in [2.05, 4.69) is 10.2 Å². The second-order valence-corrected chi connectivity index (χ2v) is 6.42. The molecular formula is C11H10ClFN4O2S. The van der Waals surface area contributed by atoms with Gasteiger partial charge in [-0.3, -0.25) is 4.57 Å². The lowest BCUT2D eigenvalue weighted by atomic mass is 10.2. The Bertz CT molecular complexity index is 786. The molecule has 1 aromatic carbocycles. The predicted octanol–water partition coefficient (Wildman–Crippen LogP) is 1.72. The molecule has 0 saturated heterocycles. The van der Waals surface area contributed by atoms with Gasteiger partial charge >= 0.3 is 0 Å². The second kappa shape index (κ2) is 4.51. The zero-order valence-corrected chi connectivity index (χ0v) is 11.7. The molecule has 2 aromatic rings. The largest absolute Gasteiger partial charge is 0.294 e. The van der Waals surface area contributed by atoms with Crippen LogP contribution in [0.25, 0.3) is 11.4 Å². The third-order valence-corrected chi connectivity index (χ3v) is 4.10. The zero-order chi connectivity index (χ0) is 14.5. The minimum Gasteiger partial charge on any atom is -0.294 e. The van der Waals surface area contributed by atoms with Crippen molar-refractivity contribution in [3.8, 4) is 11.4 Å². The highest BCUT2D eigenvalue weighted by Gasteiger charge is 2.34. The van der Waals surface area contributed by atoms with Crippen molar-refractivity contribution in [3.63, 3.8) is 0 Å². The van der Waals surface area contributed by atoms with E-state index in [1.54, 1.807) is 6.07 Å². The Kier molecular flexibility index (Phi) is 3.03. The number of benzene rings is 1. The molecule has 1 saturated carbocycles. The van der Waals surface area contributed by atoms with Crippen molar-refractivity contribution in [1.82, 2.24) is 14.8 Å². The van der Waals surface area contributed by atoms with Crippen molar-refractivity contribution < 1.29 is 12.8 Å². The van der Waals surface area contributed by atoms with Gasteiger partial charge in [-0.15, -0.1) is 10.2 Å². The number of primary sulfonamides is 1. The van der Waals surface area contributed by atoms with E-state index in [9.17, 15) is 12.8 Å². The third kappa shape index (κ3) is 2.19. The van der Waals surface area contributed by atoms with Crippen molar-refractivity contribution in [2.75, 3.05) is 0 Å². The lowest BCUT2D eigenvalue weighted by Crippen LogP contribution is -2.18. The van der Waals surface area contributed by atoms with Crippen molar-refractivity contribution in [1.29, 1.82) is 0 Å². The molecule has 106 valence electrons. The van der Waals surface area contributed by atoms with Crippen LogP contribution in [0.5, 0.6) is 0 Å². The van der Waals surface area contributed by atoms with E-state index in [1.165, 1.54) is 16.7 Å². The van der Waals surface area contributed by atoms with Gasteiger partial charge in [-0.05, 0) is 25.0 Å². The van der Waals surface area contributed by atoms with Gasteiger partial charge in [0.1, 0.15) is 0 Å². The van der Waals surface area contributed by atoms with E-state index in [1.807, 2.05) is 0 Å². The molecule has 9 heteroatoms. The Balaban J connectivity index is 2.25. The van der Waals surface area contributed by atoms with Gasteiger partial charge in [-0.1, -0.05) is 17.7 Å². The molecular weight excluding hydrogens is 307 g/mol. The molecule has 1 aliphatic carbocycles. The minimum absolute atomic E-state index is 0.0648. The molecule has 1 fully saturated rings. The van der Waals surface area contributed by atoms with Crippen LogP contribution in [0.15, 0.2) is 23.4 Å². The van der Waals surface area contributed by atoms with E-state index in [-0.39, 0.29) is 27.6 Å². The number of nitrogens with zero attached hydrogens (tertiary/aromatic N) is 3. The summed E-state index contributed by atoms with van der Waals surface area (Å²) in [5, 5.41) is 12.1. The first-order chi connectivity index (χ1) is 9.39. The van der Waals surface area contributed by atoms with E-state index in [0.717, 1.165) is 12.8 Å². The zero-order valence-electron chi connectivity index (χ0n) is 10.1. The average Bonchev–Trinajstić information content (AvgIpc) is 3.10. The Labute approximate surface area is 119 Å². The van der Waals surface area contributed by atoms with Crippen LogP contribution in [-0.4, -0.2) is 23.2 Å². The van der Waals surface area contributed by atoms with Crippen LogP contribution in [0.2, 0.25) is 5.02 Å². The van der Waals surface area contributed by atoms with Crippen LogP contribution in [0.4, 0.5) is 4.39 Å². The van der Waals surface area contributed by atoms with Crippen LogP contribution in [-0.2, 0) is 10.0 Å². The number of hydrogen-bond acceptors (Lipinski definition) is 4. The summed E-state index contributed by atoms with van der Waals surface area (Å²) in [5.74, 6) is -0.541. The summed E-state index contributed by atoms with van der Waals surface area (Å²) in [4.78, 5) is 0. The van der Waals surface area contributed by atoms with E-state index < -0.39 is 15.8 Å². The molecule has 1 heterocycles. The fourth-order valence-corrected chi connectivity index (χ4v) is 2.83. The molecule has 0 amide bonds. The van der Waals surface area contributed by atoms with Gasteiger partial charge in [0.2, 0.25) is 0 Å². The predicted molar refractivity (Wildman–Crippen MR) is 70.1 cm³/mol. The smallest absolute Gasteiger partial charge is 0.273 e. The maximum absolute atomic E-state index is 14.1. The number of hydrogen-bond donors (Lipinski definition) is 1. The number of rotatable bonds is 3. The molecule has 3 rings (SSSR count). The molecule has 1 aromatic heterocycles. The summed E-state index contributed by atoms with van der Waals surface area (Å²) in [5.41, 5.74) is 0.104. The average molecular weight is 317 g/mol. The number of sulfonamides is 1. The van der Waals surface area contributed by atoms with Gasteiger partial charge in [0, 0.05) is 6.04 Å². The molecule has 0 atom stereocenters. The molecule has 0 spiro atoms. The molecule has 0 bridgehead atoms. The van der Waals surface area contributed by atoms with Gasteiger partial charge in [0.25, 0.3) is 15.2 Å². The van der Waals surface area contributed by atoms with E-state index in [0.29, 0.717) is 0 Å². The second-order valence-electron chi connectivity index (χ2n) is 4.55. The van der Waals surface area contributed by atoms with Crippen molar-refractivity contribution in [2.45, 2.75) is 24.0 Å². The molecule has 2 N–H and O–H groups in total. The fraction of sp³-hybridized carbons (Fsp3) is 0.273. The standard InChI is InChI=1S/C11H10ClFN4O2S/c12-8-3-1-2-7(9(8)13)10-15-16-11(20(14,18)19)17(10)6-4-5-6/h1-3,6H,4-5H2,(H2,14,18,19).